The zero-order valence-corrected chi connectivity index (χ0v) is 11.8. The zero-order valence-electron chi connectivity index (χ0n) is 11.0. The van der Waals surface area contributed by atoms with E-state index in [-0.39, 0.29) is 29.6 Å². The van der Waals surface area contributed by atoms with Crippen molar-refractivity contribution in [2.45, 2.75) is 44.3 Å². The first-order valence-electron chi connectivity index (χ1n) is 6.55. The highest BCUT2D eigenvalue weighted by molar-refractivity contribution is 5.85. The number of halogens is 4. The first-order chi connectivity index (χ1) is 8.89. The molecule has 1 fully saturated rings. The van der Waals surface area contributed by atoms with Gasteiger partial charge in [0, 0.05) is 11.6 Å². The average molecular weight is 310 g/mol. The minimum absolute atomic E-state index is 0. The van der Waals surface area contributed by atoms with Crippen molar-refractivity contribution in [3.63, 3.8) is 0 Å². The quantitative estimate of drug-likeness (QED) is 0.850. The van der Waals surface area contributed by atoms with Gasteiger partial charge in [-0.2, -0.15) is 13.2 Å². The molecule has 1 aliphatic rings. The van der Waals surface area contributed by atoms with E-state index in [2.05, 4.69) is 0 Å². The number of hydrogen-bond acceptors (Lipinski definition) is 2. The van der Waals surface area contributed by atoms with Gasteiger partial charge < -0.3 is 10.8 Å². The Hall–Kier alpha value is -0.940. The Morgan fingerprint density at radius 3 is 2.30 bits per heavy atom. The minimum Gasteiger partial charge on any atom is -0.508 e. The number of hydrogen-bond donors (Lipinski definition) is 2. The summed E-state index contributed by atoms with van der Waals surface area (Å²) in [7, 11) is 0. The van der Waals surface area contributed by atoms with Gasteiger partial charge >= 0.3 is 6.18 Å². The first-order valence-corrected chi connectivity index (χ1v) is 6.55. The molecule has 0 saturated heterocycles. The Bertz CT molecular complexity index is 445. The summed E-state index contributed by atoms with van der Waals surface area (Å²) in [6.45, 7) is 0. The standard InChI is InChI=1S/C14H18F3NO.ClH/c15-14(16,17)10-6-7-12(19)11(8-10)13(18)9-4-2-1-3-5-9;/h6-9,13,19H,1-5,18H2;1H/t13-;/m1./s1. The molecule has 0 unspecified atom stereocenters. The highest BCUT2D eigenvalue weighted by Gasteiger charge is 2.32. The number of benzene rings is 1. The lowest BCUT2D eigenvalue weighted by Crippen LogP contribution is -2.24. The molecule has 0 spiro atoms. The van der Waals surface area contributed by atoms with Gasteiger partial charge in [0.15, 0.2) is 0 Å². The maximum Gasteiger partial charge on any atom is 0.416 e. The van der Waals surface area contributed by atoms with Crippen LogP contribution in [0.2, 0.25) is 0 Å². The molecule has 1 aliphatic carbocycles. The molecule has 0 aromatic heterocycles. The molecule has 0 amide bonds. The van der Waals surface area contributed by atoms with E-state index in [0.29, 0.717) is 0 Å². The molecule has 1 saturated carbocycles. The fraction of sp³-hybridized carbons (Fsp3) is 0.571. The zero-order chi connectivity index (χ0) is 14.0. The predicted molar refractivity (Wildman–Crippen MR) is 73.9 cm³/mol. The fourth-order valence-corrected chi connectivity index (χ4v) is 2.75. The summed E-state index contributed by atoms with van der Waals surface area (Å²) in [4.78, 5) is 0. The van der Waals surface area contributed by atoms with Gasteiger partial charge in [-0.05, 0) is 37.0 Å². The molecule has 2 nitrogen and oxygen atoms in total. The molecule has 1 aromatic rings. The maximum atomic E-state index is 12.7. The van der Waals surface area contributed by atoms with Crippen LogP contribution < -0.4 is 5.73 Å². The van der Waals surface area contributed by atoms with Crippen LogP contribution in [-0.4, -0.2) is 5.11 Å². The number of phenolic OH excluding ortho intramolecular Hbond substituents is 1. The second kappa shape index (κ2) is 6.68. The smallest absolute Gasteiger partial charge is 0.416 e. The highest BCUT2D eigenvalue weighted by Crippen LogP contribution is 2.39. The summed E-state index contributed by atoms with van der Waals surface area (Å²) in [6, 6.07) is 2.42. The van der Waals surface area contributed by atoms with Crippen LogP contribution >= 0.6 is 12.4 Å². The number of alkyl halides is 3. The van der Waals surface area contributed by atoms with Crippen molar-refractivity contribution in [1.82, 2.24) is 0 Å². The number of aromatic hydroxyl groups is 1. The van der Waals surface area contributed by atoms with E-state index in [9.17, 15) is 18.3 Å². The largest absolute Gasteiger partial charge is 0.508 e. The van der Waals surface area contributed by atoms with Crippen molar-refractivity contribution in [2.24, 2.45) is 11.7 Å². The normalized spacial score (nSPS) is 18.4. The van der Waals surface area contributed by atoms with E-state index in [0.717, 1.165) is 50.3 Å². The molecular weight excluding hydrogens is 291 g/mol. The van der Waals surface area contributed by atoms with Crippen LogP contribution in [0.25, 0.3) is 0 Å². The fourth-order valence-electron chi connectivity index (χ4n) is 2.75. The lowest BCUT2D eigenvalue weighted by molar-refractivity contribution is -0.137. The molecule has 0 radical (unpaired) electrons. The Morgan fingerprint density at radius 1 is 1.15 bits per heavy atom. The van der Waals surface area contributed by atoms with Crippen molar-refractivity contribution in [1.29, 1.82) is 0 Å². The van der Waals surface area contributed by atoms with Crippen molar-refractivity contribution in [3.8, 4) is 5.75 Å². The molecule has 2 rings (SSSR count). The number of phenols is 1. The third-order valence-corrected chi connectivity index (χ3v) is 3.87. The Balaban J connectivity index is 0.00000200. The SMILES string of the molecule is Cl.N[C@@H](c1cc(C(F)(F)F)ccc1O)C1CCCCC1. The third kappa shape index (κ3) is 3.79. The topological polar surface area (TPSA) is 46.2 Å². The first kappa shape index (κ1) is 17.1. The summed E-state index contributed by atoms with van der Waals surface area (Å²) >= 11 is 0. The van der Waals surface area contributed by atoms with Gasteiger partial charge in [0.25, 0.3) is 0 Å². The van der Waals surface area contributed by atoms with Crippen LogP contribution in [0.4, 0.5) is 13.2 Å². The molecule has 0 bridgehead atoms. The van der Waals surface area contributed by atoms with E-state index in [1.165, 1.54) is 0 Å². The third-order valence-electron chi connectivity index (χ3n) is 3.87. The van der Waals surface area contributed by atoms with E-state index < -0.39 is 17.8 Å². The molecule has 114 valence electrons. The summed E-state index contributed by atoms with van der Waals surface area (Å²) in [6.07, 6.45) is 0.677. The summed E-state index contributed by atoms with van der Waals surface area (Å²) in [5.41, 5.74) is 5.51. The van der Waals surface area contributed by atoms with Crippen molar-refractivity contribution >= 4 is 12.4 Å². The predicted octanol–water partition coefficient (Wildman–Crippen LogP) is 4.41. The van der Waals surface area contributed by atoms with E-state index in [1.54, 1.807) is 0 Å². The second-order valence-corrected chi connectivity index (χ2v) is 5.20. The summed E-state index contributed by atoms with van der Waals surface area (Å²) in [5.74, 6) is 0.00853. The number of nitrogens with two attached hydrogens (primary N) is 1. The Kier molecular flexibility index (Phi) is 5.71. The molecule has 6 heteroatoms. The van der Waals surface area contributed by atoms with Crippen molar-refractivity contribution in [3.05, 3.63) is 29.3 Å². The van der Waals surface area contributed by atoms with Crippen molar-refractivity contribution < 1.29 is 18.3 Å². The minimum atomic E-state index is -4.41. The van der Waals surface area contributed by atoms with Gasteiger partial charge in [-0.15, -0.1) is 12.4 Å². The van der Waals surface area contributed by atoms with E-state index in [4.69, 9.17) is 5.73 Å². The van der Waals surface area contributed by atoms with Crippen LogP contribution in [0, 0.1) is 5.92 Å². The maximum absolute atomic E-state index is 12.7. The summed E-state index contributed by atoms with van der Waals surface area (Å²) in [5, 5.41) is 9.75. The Labute approximate surface area is 122 Å². The Morgan fingerprint density at radius 2 is 1.75 bits per heavy atom. The van der Waals surface area contributed by atoms with Gasteiger partial charge in [-0.25, -0.2) is 0 Å². The molecular formula is C14H19ClF3NO. The molecule has 0 heterocycles. The van der Waals surface area contributed by atoms with Gasteiger partial charge in [-0.3, -0.25) is 0 Å². The average Bonchev–Trinajstić information content (AvgIpc) is 2.38. The second-order valence-electron chi connectivity index (χ2n) is 5.20. The van der Waals surface area contributed by atoms with E-state index >= 15 is 0 Å². The molecule has 0 aliphatic heterocycles. The highest BCUT2D eigenvalue weighted by atomic mass is 35.5. The van der Waals surface area contributed by atoms with Crippen LogP contribution in [-0.2, 0) is 6.18 Å². The number of rotatable bonds is 2. The van der Waals surface area contributed by atoms with Gasteiger partial charge in [0.05, 0.1) is 5.56 Å². The molecule has 1 atom stereocenters. The monoisotopic (exact) mass is 309 g/mol. The molecule has 1 aromatic carbocycles. The van der Waals surface area contributed by atoms with Crippen LogP contribution in [0.15, 0.2) is 18.2 Å². The van der Waals surface area contributed by atoms with Crippen molar-refractivity contribution in [2.75, 3.05) is 0 Å². The van der Waals surface area contributed by atoms with Gasteiger partial charge in [0.2, 0.25) is 0 Å². The lowest BCUT2D eigenvalue weighted by atomic mass is 9.81. The molecule has 3 N–H and O–H groups in total. The molecule has 20 heavy (non-hydrogen) atoms. The summed E-state index contributed by atoms with van der Waals surface area (Å²) < 4.78 is 38.0. The van der Waals surface area contributed by atoms with Gasteiger partial charge in [-0.1, -0.05) is 19.3 Å². The lowest BCUT2D eigenvalue weighted by Gasteiger charge is -2.28. The van der Waals surface area contributed by atoms with Crippen LogP contribution in [0.5, 0.6) is 5.75 Å². The van der Waals surface area contributed by atoms with Crippen LogP contribution in [0.3, 0.4) is 0 Å². The van der Waals surface area contributed by atoms with E-state index in [1.807, 2.05) is 0 Å². The van der Waals surface area contributed by atoms with Gasteiger partial charge in [0.1, 0.15) is 5.75 Å². The van der Waals surface area contributed by atoms with Crippen LogP contribution in [0.1, 0.15) is 49.3 Å².